The summed E-state index contributed by atoms with van der Waals surface area (Å²) in [5.74, 6) is -0.889. The Balaban J connectivity index is 2.36. The van der Waals surface area contributed by atoms with Gasteiger partial charge < -0.3 is 9.67 Å². The molecule has 82 valence electrons. The largest absolute Gasteiger partial charge is 0.481 e. The number of carboxylic acids is 1. The van der Waals surface area contributed by atoms with Crippen LogP contribution in [-0.2, 0) is 9.36 Å². The van der Waals surface area contributed by atoms with Gasteiger partial charge in [0.05, 0.1) is 19.3 Å². The molecule has 0 bridgehead atoms. The van der Waals surface area contributed by atoms with Gasteiger partial charge in [0, 0.05) is 0 Å². The Bertz CT molecular complexity index is 253. The molecule has 0 aromatic heterocycles. The monoisotopic (exact) mass is 219 g/mol. The van der Waals surface area contributed by atoms with Crippen molar-refractivity contribution in [2.75, 3.05) is 32.7 Å². The third kappa shape index (κ3) is 3.81. The summed E-state index contributed by atoms with van der Waals surface area (Å²) in [5, 5.41) is 8.78. The molecular weight excluding hydrogens is 201 g/mol. The van der Waals surface area contributed by atoms with E-state index in [0.29, 0.717) is 19.1 Å². The van der Waals surface area contributed by atoms with E-state index in [4.69, 9.17) is 5.11 Å². The molecule has 0 aromatic rings. The van der Waals surface area contributed by atoms with Crippen LogP contribution < -0.4 is 0 Å². The normalized spacial score (nSPS) is 21.0. The van der Waals surface area contributed by atoms with Gasteiger partial charge in [-0.1, -0.05) is 0 Å². The topological polar surface area (TPSA) is 57.6 Å². The van der Waals surface area contributed by atoms with Gasteiger partial charge in [0.15, 0.2) is 0 Å². The van der Waals surface area contributed by atoms with Crippen LogP contribution in [0, 0.1) is 5.92 Å². The van der Waals surface area contributed by atoms with Gasteiger partial charge in [0.25, 0.3) is 0 Å². The summed E-state index contributed by atoms with van der Waals surface area (Å²) < 4.78 is 11.5. The van der Waals surface area contributed by atoms with Crippen LogP contribution >= 0.6 is 7.14 Å². The molecule has 0 radical (unpaired) electrons. The number of likely N-dealkylation sites (tertiary alicyclic amines) is 1. The molecule has 0 spiro atoms. The first kappa shape index (κ1) is 11.7. The second-order valence-corrected chi connectivity index (χ2v) is 7.88. The summed E-state index contributed by atoms with van der Waals surface area (Å²) in [6, 6.07) is 0. The number of carbonyl (C=O) groups is 1. The summed E-state index contributed by atoms with van der Waals surface area (Å²) in [7, 11) is -2.00. The second kappa shape index (κ2) is 4.45. The van der Waals surface area contributed by atoms with Crippen molar-refractivity contribution in [3.05, 3.63) is 0 Å². The third-order valence-corrected chi connectivity index (χ3v) is 3.56. The standard InChI is InChI=1S/C9H18NO3P/c1-14(2,13)7-10-5-3-8(4-6-10)9(11)12/h8H,3-7H2,1-2H3,(H,11,12). The SMILES string of the molecule is CP(C)(=O)CN1CCC(C(=O)O)CC1. The zero-order chi connectivity index (χ0) is 10.8. The Morgan fingerprint density at radius 3 is 2.29 bits per heavy atom. The fraction of sp³-hybridized carbons (Fsp3) is 0.889. The number of hydrogen-bond donors (Lipinski definition) is 1. The van der Waals surface area contributed by atoms with Crippen molar-refractivity contribution in [1.29, 1.82) is 0 Å². The second-order valence-electron chi connectivity index (χ2n) is 4.45. The van der Waals surface area contributed by atoms with Crippen molar-refractivity contribution in [2.24, 2.45) is 5.92 Å². The lowest BCUT2D eigenvalue weighted by molar-refractivity contribution is -0.143. The maximum atomic E-state index is 11.5. The first-order chi connectivity index (χ1) is 6.38. The molecule has 4 nitrogen and oxygen atoms in total. The Labute approximate surface area is 84.7 Å². The number of piperidine rings is 1. The molecular formula is C9H18NO3P. The molecule has 1 N–H and O–H groups in total. The highest BCUT2D eigenvalue weighted by atomic mass is 31.2. The predicted molar refractivity (Wildman–Crippen MR) is 56.3 cm³/mol. The minimum atomic E-state index is -2.00. The highest BCUT2D eigenvalue weighted by Gasteiger charge is 2.26. The molecule has 1 fully saturated rings. The summed E-state index contributed by atoms with van der Waals surface area (Å²) in [6.45, 7) is 5.08. The highest BCUT2D eigenvalue weighted by Crippen LogP contribution is 2.37. The molecule has 0 aliphatic carbocycles. The van der Waals surface area contributed by atoms with E-state index >= 15 is 0 Å². The van der Waals surface area contributed by atoms with E-state index in [1.165, 1.54) is 0 Å². The number of aliphatic carboxylic acids is 1. The highest BCUT2D eigenvalue weighted by molar-refractivity contribution is 7.62. The van der Waals surface area contributed by atoms with E-state index in [2.05, 4.69) is 4.90 Å². The van der Waals surface area contributed by atoms with Gasteiger partial charge in [0.1, 0.15) is 0 Å². The van der Waals surface area contributed by atoms with Gasteiger partial charge in [-0.15, -0.1) is 0 Å². The molecule has 1 saturated heterocycles. The number of carboxylic acid groups (broad SMARTS) is 1. The fourth-order valence-corrected chi connectivity index (χ4v) is 3.05. The van der Waals surface area contributed by atoms with Crippen LogP contribution in [0.15, 0.2) is 0 Å². The van der Waals surface area contributed by atoms with Gasteiger partial charge in [-0.2, -0.15) is 0 Å². The molecule has 0 aromatic carbocycles. The molecule has 1 heterocycles. The number of rotatable bonds is 3. The predicted octanol–water partition coefficient (Wildman–Crippen LogP) is 1.36. The van der Waals surface area contributed by atoms with Crippen LogP contribution in [0.2, 0.25) is 0 Å². The van der Waals surface area contributed by atoms with Crippen LogP contribution in [0.5, 0.6) is 0 Å². The Hall–Kier alpha value is -0.340. The molecule has 1 rings (SSSR count). The van der Waals surface area contributed by atoms with Crippen molar-refractivity contribution in [2.45, 2.75) is 12.8 Å². The Morgan fingerprint density at radius 1 is 1.43 bits per heavy atom. The van der Waals surface area contributed by atoms with Gasteiger partial charge >= 0.3 is 5.97 Å². The average molecular weight is 219 g/mol. The van der Waals surface area contributed by atoms with E-state index in [-0.39, 0.29) is 5.92 Å². The lowest BCUT2D eigenvalue weighted by Crippen LogP contribution is -2.36. The number of hydrogen-bond acceptors (Lipinski definition) is 3. The quantitative estimate of drug-likeness (QED) is 0.728. The maximum absolute atomic E-state index is 11.5. The van der Waals surface area contributed by atoms with Crippen LogP contribution in [-0.4, -0.2) is 48.7 Å². The fourth-order valence-electron chi connectivity index (χ4n) is 1.80. The molecule has 0 atom stereocenters. The zero-order valence-corrected chi connectivity index (χ0v) is 9.67. The van der Waals surface area contributed by atoms with E-state index in [9.17, 15) is 9.36 Å². The molecule has 14 heavy (non-hydrogen) atoms. The Morgan fingerprint density at radius 2 is 1.93 bits per heavy atom. The molecule has 5 heteroatoms. The average Bonchev–Trinajstić information content (AvgIpc) is 2.02. The lowest BCUT2D eigenvalue weighted by atomic mass is 9.98. The maximum Gasteiger partial charge on any atom is 0.306 e. The first-order valence-electron chi connectivity index (χ1n) is 4.87. The summed E-state index contributed by atoms with van der Waals surface area (Å²) in [6.07, 6.45) is 2.00. The van der Waals surface area contributed by atoms with Crippen molar-refractivity contribution < 1.29 is 14.5 Å². The lowest BCUT2D eigenvalue weighted by Gasteiger charge is -2.30. The third-order valence-electron chi connectivity index (χ3n) is 2.48. The Kier molecular flexibility index (Phi) is 3.73. The van der Waals surface area contributed by atoms with Gasteiger partial charge in [-0.25, -0.2) is 0 Å². The van der Waals surface area contributed by atoms with Crippen molar-refractivity contribution in [3.8, 4) is 0 Å². The smallest absolute Gasteiger partial charge is 0.306 e. The van der Waals surface area contributed by atoms with Crippen molar-refractivity contribution >= 4 is 13.1 Å². The van der Waals surface area contributed by atoms with Crippen LogP contribution in [0.1, 0.15) is 12.8 Å². The van der Waals surface area contributed by atoms with Gasteiger partial charge in [-0.05, 0) is 39.3 Å². The summed E-state index contributed by atoms with van der Waals surface area (Å²) in [5.41, 5.74) is 0. The molecule has 0 amide bonds. The van der Waals surface area contributed by atoms with Crippen molar-refractivity contribution in [1.82, 2.24) is 4.90 Å². The van der Waals surface area contributed by atoms with Crippen LogP contribution in [0.4, 0.5) is 0 Å². The van der Waals surface area contributed by atoms with E-state index in [0.717, 1.165) is 13.1 Å². The van der Waals surface area contributed by atoms with E-state index < -0.39 is 13.1 Å². The zero-order valence-electron chi connectivity index (χ0n) is 8.77. The summed E-state index contributed by atoms with van der Waals surface area (Å²) in [4.78, 5) is 12.8. The minimum absolute atomic E-state index is 0.195. The van der Waals surface area contributed by atoms with Crippen LogP contribution in [0.25, 0.3) is 0 Å². The van der Waals surface area contributed by atoms with Crippen molar-refractivity contribution in [3.63, 3.8) is 0 Å². The van der Waals surface area contributed by atoms with Gasteiger partial charge in [-0.3, -0.25) is 9.69 Å². The van der Waals surface area contributed by atoms with Crippen LogP contribution in [0.3, 0.4) is 0 Å². The first-order valence-corrected chi connectivity index (χ1v) is 7.66. The molecule has 1 aliphatic heterocycles. The summed E-state index contributed by atoms with van der Waals surface area (Å²) >= 11 is 0. The number of nitrogens with zero attached hydrogens (tertiary/aromatic N) is 1. The molecule has 0 saturated carbocycles. The van der Waals surface area contributed by atoms with E-state index in [1.54, 1.807) is 13.3 Å². The van der Waals surface area contributed by atoms with E-state index in [1.807, 2.05) is 0 Å². The molecule has 1 aliphatic rings. The minimum Gasteiger partial charge on any atom is -0.481 e. The van der Waals surface area contributed by atoms with Gasteiger partial charge in [0.2, 0.25) is 0 Å². The molecule has 0 unspecified atom stereocenters.